The van der Waals surface area contributed by atoms with E-state index in [1.165, 1.54) is 12.1 Å². The third kappa shape index (κ3) is 5.55. The molecule has 2 N–H and O–H groups in total. The number of aromatic nitrogens is 4. The highest BCUT2D eigenvalue weighted by Crippen LogP contribution is 2.39. The first-order valence-electron chi connectivity index (χ1n) is 11.8. The average molecular weight is 483 g/mol. The Hall–Kier alpha value is -3.00. The topological polar surface area (TPSA) is 86.8 Å². The Morgan fingerprint density at radius 2 is 1.94 bits per heavy atom. The molecule has 2 aromatic heterocycles. The van der Waals surface area contributed by atoms with Gasteiger partial charge in [0.25, 0.3) is 0 Å². The molecule has 1 saturated heterocycles. The minimum Gasteiger partial charge on any atom is -0.342 e. The summed E-state index contributed by atoms with van der Waals surface area (Å²) in [7, 11) is 0. The normalized spacial score (nSPS) is 16.6. The van der Waals surface area contributed by atoms with Crippen LogP contribution in [0.4, 0.5) is 16.0 Å². The number of aryl methyl sites for hydroxylation is 1. The zero-order valence-corrected chi connectivity index (χ0v) is 19.9. The molecule has 3 aromatic rings. The van der Waals surface area contributed by atoms with Crippen molar-refractivity contribution in [3.8, 4) is 0 Å². The van der Waals surface area contributed by atoms with Gasteiger partial charge in [0.15, 0.2) is 5.82 Å². The molecule has 2 aliphatic rings. The number of piperidine rings is 1. The van der Waals surface area contributed by atoms with Gasteiger partial charge in [0.1, 0.15) is 17.5 Å². The molecule has 1 aliphatic heterocycles. The first-order chi connectivity index (χ1) is 16.4. The number of likely N-dealkylation sites (tertiary alicyclic amines) is 1. The molecule has 5 rings (SSSR count). The van der Waals surface area contributed by atoms with Crippen molar-refractivity contribution in [2.45, 2.75) is 51.4 Å². The summed E-state index contributed by atoms with van der Waals surface area (Å²) in [5.74, 6) is 3.00. The van der Waals surface area contributed by atoms with Crippen molar-refractivity contribution in [1.82, 2.24) is 25.1 Å². The van der Waals surface area contributed by atoms with Crippen LogP contribution in [0.1, 0.15) is 54.4 Å². The molecule has 1 aliphatic carbocycles. The summed E-state index contributed by atoms with van der Waals surface area (Å²) in [6.45, 7) is 3.38. The number of carbonyl (C=O) groups excluding carboxylic acids is 1. The maximum Gasteiger partial charge on any atom is 0.227 e. The van der Waals surface area contributed by atoms with Crippen LogP contribution in [-0.2, 0) is 17.6 Å². The molecule has 3 heterocycles. The Morgan fingerprint density at radius 3 is 2.62 bits per heavy atom. The van der Waals surface area contributed by atoms with Gasteiger partial charge in [-0.1, -0.05) is 17.7 Å². The Morgan fingerprint density at radius 1 is 1.15 bits per heavy atom. The van der Waals surface area contributed by atoms with Gasteiger partial charge in [0.2, 0.25) is 5.91 Å². The van der Waals surface area contributed by atoms with Crippen LogP contribution < -0.4 is 5.32 Å². The van der Waals surface area contributed by atoms with Crippen LogP contribution in [0.5, 0.6) is 0 Å². The Balaban J connectivity index is 1.20. The third-order valence-corrected chi connectivity index (χ3v) is 6.87. The van der Waals surface area contributed by atoms with Crippen LogP contribution >= 0.6 is 11.6 Å². The predicted octanol–water partition coefficient (Wildman–Crippen LogP) is 4.95. The lowest BCUT2D eigenvalue weighted by Gasteiger charge is -2.32. The van der Waals surface area contributed by atoms with E-state index in [0.29, 0.717) is 35.5 Å². The molecule has 9 heteroatoms. The van der Waals surface area contributed by atoms with Crippen molar-refractivity contribution in [2.24, 2.45) is 5.92 Å². The summed E-state index contributed by atoms with van der Waals surface area (Å²) in [6.07, 6.45) is 5.19. The summed E-state index contributed by atoms with van der Waals surface area (Å²) >= 11 is 6.10. The maximum absolute atomic E-state index is 13.3. The first-order valence-corrected chi connectivity index (χ1v) is 12.2. The van der Waals surface area contributed by atoms with Gasteiger partial charge in [-0.15, -0.1) is 0 Å². The third-order valence-electron chi connectivity index (χ3n) is 6.52. The van der Waals surface area contributed by atoms with Gasteiger partial charge in [0.05, 0.1) is 6.42 Å². The smallest absolute Gasteiger partial charge is 0.227 e. The van der Waals surface area contributed by atoms with Crippen LogP contribution in [0.2, 0.25) is 5.02 Å². The van der Waals surface area contributed by atoms with Gasteiger partial charge < -0.3 is 10.2 Å². The van der Waals surface area contributed by atoms with E-state index in [1.54, 1.807) is 6.07 Å². The number of nitrogens with zero attached hydrogens (tertiary/aromatic N) is 4. The summed E-state index contributed by atoms with van der Waals surface area (Å²) in [5, 5.41) is 10.8. The summed E-state index contributed by atoms with van der Waals surface area (Å²) in [5.41, 5.74) is 2.69. The van der Waals surface area contributed by atoms with E-state index < -0.39 is 5.82 Å². The number of carbonyl (C=O) groups is 1. The molecule has 2 fully saturated rings. The van der Waals surface area contributed by atoms with Crippen molar-refractivity contribution in [3.63, 3.8) is 0 Å². The predicted molar refractivity (Wildman–Crippen MR) is 129 cm³/mol. The second-order valence-corrected chi connectivity index (χ2v) is 9.79. The molecular weight excluding hydrogens is 455 g/mol. The van der Waals surface area contributed by atoms with Crippen molar-refractivity contribution in [3.05, 3.63) is 63.9 Å². The zero-order chi connectivity index (χ0) is 23.7. The van der Waals surface area contributed by atoms with Crippen molar-refractivity contribution in [2.75, 3.05) is 18.4 Å². The Labute approximate surface area is 203 Å². The molecule has 34 heavy (non-hydrogen) atoms. The highest BCUT2D eigenvalue weighted by molar-refractivity contribution is 6.31. The highest BCUT2D eigenvalue weighted by atomic mass is 35.5. The van der Waals surface area contributed by atoms with E-state index in [4.69, 9.17) is 21.6 Å². The molecule has 0 unspecified atom stereocenters. The summed E-state index contributed by atoms with van der Waals surface area (Å²) < 4.78 is 13.3. The molecular formula is C25H28ClFN6O. The monoisotopic (exact) mass is 482 g/mol. The fourth-order valence-electron chi connectivity index (χ4n) is 4.45. The fourth-order valence-corrected chi connectivity index (χ4v) is 4.68. The fraction of sp³-hybridized carbons (Fsp3) is 0.440. The van der Waals surface area contributed by atoms with E-state index >= 15 is 0 Å². The van der Waals surface area contributed by atoms with Crippen LogP contribution in [0, 0.1) is 18.7 Å². The lowest BCUT2D eigenvalue weighted by atomic mass is 9.91. The van der Waals surface area contributed by atoms with Crippen LogP contribution in [-0.4, -0.2) is 44.1 Å². The second kappa shape index (κ2) is 9.70. The SMILES string of the molecule is Cc1cc(Nc2cc(CC3CCN(C(=O)Cc4ccc(F)cc4Cl)CC3)nc(C3CC3)n2)n[nH]1. The Kier molecular flexibility index (Phi) is 6.50. The molecule has 0 radical (unpaired) electrons. The molecule has 0 bridgehead atoms. The number of hydrogen-bond acceptors (Lipinski definition) is 5. The summed E-state index contributed by atoms with van der Waals surface area (Å²) in [6, 6.07) is 8.15. The van der Waals surface area contributed by atoms with Gasteiger partial charge >= 0.3 is 0 Å². The van der Waals surface area contributed by atoms with Gasteiger partial charge in [-0.2, -0.15) is 5.10 Å². The van der Waals surface area contributed by atoms with Crippen LogP contribution in [0.15, 0.2) is 30.3 Å². The van der Waals surface area contributed by atoms with Crippen molar-refractivity contribution >= 4 is 29.1 Å². The molecule has 7 nitrogen and oxygen atoms in total. The number of rotatable bonds is 7. The molecule has 1 aromatic carbocycles. The van der Waals surface area contributed by atoms with E-state index in [0.717, 1.165) is 61.0 Å². The minimum absolute atomic E-state index is 0.0331. The number of nitrogens with one attached hydrogen (secondary N) is 2. The van der Waals surface area contributed by atoms with Gasteiger partial charge in [0, 0.05) is 47.6 Å². The second-order valence-electron chi connectivity index (χ2n) is 9.38. The van der Waals surface area contributed by atoms with Gasteiger partial charge in [-0.25, -0.2) is 14.4 Å². The quantitative estimate of drug-likeness (QED) is 0.497. The largest absolute Gasteiger partial charge is 0.342 e. The van der Waals surface area contributed by atoms with Crippen molar-refractivity contribution in [1.29, 1.82) is 0 Å². The van der Waals surface area contributed by atoms with Gasteiger partial charge in [-0.05, 0) is 62.6 Å². The molecule has 1 saturated carbocycles. The number of H-pyrrole nitrogens is 1. The molecule has 0 spiro atoms. The maximum atomic E-state index is 13.3. The summed E-state index contributed by atoms with van der Waals surface area (Å²) in [4.78, 5) is 24.2. The first kappa shape index (κ1) is 22.8. The van der Waals surface area contributed by atoms with Crippen LogP contribution in [0.25, 0.3) is 0 Å². The minimum atomic E-state index is -0.394. The standard InChI is InChI=1S/C25H28ClFN6O/c1-15-10-23(32-31-15)29-22-14-20(28-25(30-22)17-2-3-17)11-16-6-8-33(9-7-16)24(34)12-18-4-5-19(27)13-21(18)26/h4-5,10,13-14,16-17H,2-3,6-9,11-12H2,1H3,(H2,28,29,30,31,32). The molecule has 0 atom stereocenters. The number of hydrogen-bond donors (Lipinski definition) is 2. The average Bonchev–Trinajstić information content (AvgIpc) is 3.58. The number of aromatic amines is 1. The lowest BCUT2D eigenvalue weighted by molar-refractivity contribution is -0.131. The molecule has 178 valence electrons. The number of halogens is 2. The lowest BCUT2D eigenvalue weighted by Crippen LogP contribution is -2.39. The molecule has 1 amide bonds. The number of amides is 1. The van der Waals surface area contributed by atoms with Crippen LogP contribution in [0.3, 0.4) is 0 Å². The number of anilines is 2. The Bertz CT molecular complexity index is 1190. The van der Waals surface area contributed by atoms with E-state index in [-0.39, 0.29) is 12.3 Å². The van der Waals surface area contributed by atoms with E-state index in [2.05, 4.69) is 15.5 Å². The van der Waals surface area contributed by atoms with E-state index in [9.17, 15) is 9.18 Å². The van der Waals surface area contributed by atoms with Gasteiger partial charge in [-0.3, -0.25) is 9.89 Å². The number of benzene rings is 1. The van der Waals surface area contributed by atoms with E-state index in [1.807, 2.05) is 24.0 Å². The van der Waals surface area contributed by atoms with Crippen molar-refractivity contribution < 1.29 is 9.18 Å². The highest BCUT2D eigenvalue weighted by Gasteiger charge is 2.29. The zero-order valence-electron chi connectivity index (χ0n) is 19.2.